The number of carbonyl (C=O) groups excluding carboxylic acids is 1. The van der Waals surface area contributed by atoms with E-state index in [-0.39, 0.29) is 5.69 Å². The molecule has 2 aromatic rings. The van der Waals surface area contributed by atoms with Gasteiger partial charge >= 0.3 is 0 Å². The van der Waals surface area contributed by atoms with Gasteiger partial charge in [-0.2, -0.15) is 5.10 Å². The number of nitrogens with one attached hydrogen (secondary N) is 1. The molecule has 9 heteroatoms. The van der Waals surface area contributed by atoms with E-state index in [9.17, 15) is 13.2 Å². The van der Waals surface area contributed by atoms with Crippen molar-refractivity contribution in [1.29, 1.82) is 0 Å². The topological polar surface area (TPSA) is 94.0 Å². The van der Waals surface area contributed by atoms with Crippen LogP contribution in [0.15, 0.2) is 24.4 Å². The van der Waals surface area contributed by atoms with Crippen molar-refractivity contribution in [2.75, 3.05) is 6.26 Å². The average Bonchev–Trinajstić information content (AvgIpc) is 2.70. The molecule has 7 nitrogen and oxygen atoms in total. The van der Waals surface area contributed by atoms with Crippen molar-refractivity contribution in [3.63, 3.8) is 0 Å². The minimum absolute atomic E-state index is 0.0327. The number of amides is 1. The van der Waals surface area contributed by atoms with E-state index in [0.29, 0.717) is 16.4 Å². The Hall–Kier alpha value is -1.93. The molecule has 0 saturated heterocycles. The van der Waals surface area contributed by atoms with Gasteiger partial charge in [0.25, 0.3) is 5.91 Å². The summed E-state index contributed by atoms with van der Waals surface area (Å²) in [4.78, 5) is 15.8. The van der Waals surface area contributed by atoms with E-state index < -0.39 is 15.9 Å². The first-order valence-electron chi connectivity index (χ1n) is 5.45. The zero-order valence-electron chi connectivity index (χ0n) is 10.7. The third-order valence-corrected chi connectivity index (χ3v) is 3.25. The molecule has 0 aromatic carbocycles. The van der Waals surface area contributed by atoms with E-state index in [4.69, 9.17) is 11.6 Å². The molecular formula is C11H11ClN4O3S. The van der Waals surface area contributed by atoms with Crippen LogP contribution in [0.1, 0.15) is 10.5 Å². The SMILES string of the molecule is Cn1nc(C(=O)NS(C)(=O)=O)cc1-c1ncccc1Cl. The van der Waals surface area contributed by atoms with Crippen molar-refractivity contribution in [2.24, 2.45) is 7.05 Å². The predicted octanol–water partition coefficient (Wildman–Crippen LogP) is 0.825. The Morgan fingerprint density at radius 1 is 1.45 bits per heavy atom. The van der Waals surface area contributed by atoms with Crippen LogP contribution in [-0.4, -0.2) is 35.3 Å². The summed E-state index contributed by atoms with van der Waals surface area (Å²) in [6.45, 7) is 0. The van der Waals surface area contributed by atoms with Gasteiger partial charge in [-0.25, -0.2) is 13.1 Å². The number of sulfonamides is 1. The first-order chi connectivity index (χ1) is 9.28. The van der Waals surface area contributed by atoms with Crippen molar-refractivity contribution < 1.29 is 13.2 Å². The largest absolute Gasteiger partial charge is 0.285 e. The second-order valence-electron chi connectivity index (χ2n) is 4.08. The number of hydrogen-bond acceptors (Lipinski definition) is 5. The molecule has 20 heavy (non-hydrogen) atoms. The van der Waals surface area contributed by atoms with Crippen LogP contribution in [0.25, 0.3) is 11.4 Å². The number of rotatable bonds is 3. The highest BCUT2D eigenvalue weighted by Crippen LogP contribution is 2.25. The number of hydrogen-bond donors (Lipinski definition) is 1. The van der Waals surface area contributed by atoms with E-state index >= 15 is 0 Å². The van der Waals surface area contributed by atoms with E-state index in [1.165, 1.54) is 10.7 Å². The molecule has 0 saturated carbocycles. The normalized spacial score (nSPS) is 11.3. The van der Waals surface area contributed by atoms with Crippen LogP contribution in [0.5, 0.6) is 0 Å². The molecule has 2 aromatic heterocycles. The summed E-state index contributed by atoms with van der Waals surface area (Å²) in [5.74, 6) is -0.804. The monoisotopic (exact) mass is 314 g/mol. The minimum atomic E-state index is -3.64. The van der Waals surface area contributed by atoms with Crippen molar-refractivity contribution in [3.05, 3.63) is 35.1 Å². The first-order valence-corrected chi connectivity index (χ1v) is 7.72. The molecule has 0 atom stereocenters. The molecule has 0 fully saturated rings. The fraction of sp³-hybridized carbons (Fsp3) is 0.182. The Kier molecular flexibility index (Phi) is 3.78. The van der Waals surface area contributed by atoms with Gasteiger partial charge < -0.3 is 0 Å². The number of aryl methyl sites for hydroxylation is 1. The van der Waals surface area contributed by atoms with Crippen molar-refractivity contribution in [2.45, 2.75) is 0 Å². The third kappa shape index (κ3) is 3.14. The molecule has 0 unspecified atom stereocenters. The lowest BCUT2D eigenvalue weighted by Crippen LogP contribution is -2.29. The summed E-state index contributed by atoms with van der Waals surface area (Å²) in [5, 5.41) is 4.36. The molecule has 0 aliphatic carbocycles. The van der Waals surface area contributed by atoms with Crippen molar-refractivity contribution in [3.8, 4) is 11.4 Å². The summed E-state index contributed by atoms with van der Waals surface area (Å²) >= 11 is 6.03. The van der Waals surface area contributed by atoms with Gasteiger partial charge in [-0.05, 0) is 18.2 Å². The summed E-state index contributed by atoms with van der Waals surface area (Å²) < 4.78 is 25.3. The summed E-state index contributed by atoms with van der Waals surface area (Å²) in [7, 11) is -2.03. The zero-order chi connectivity index (χ0) is 14.9. The fourth-order valence-corrected chi connectivity index (χ4v) is 2.25. The van der Waals surface area contributed by atoms with Crippen LogP contribution in [0.4, 0.5) is 0 Å². The molecule has 0 bridgehead atoms. The Bertz CT molecular complexity index is 770. The third-order valence-electron chi connectivity index (χ3n) is 2.39. The maximum absolute atomic E-state index is 11.7. The van der Waals surface area contributed by atoms with E-state index in [0.717, 1.165) is 6.26 Å². The molecule has 0 aliphatic heterocycles. The molecule has 0 radical (unpaired) electrons. The minimum Gasteiger partial charge on any atom is -0.266 e. The fourth-order valence-electron chi connectivity index (χ4n) is 1.59. The zero-order valence-corrected chi connectivity index (χ0v) is 12.2. The van der Waals surface area contributed by atoms with E-state index in [1.807, 2.05) is 4.72 Å². The lowest BCUT2D eigenvalue weighted by molar-refractivity contribution is 0.0976. The molecule has 106 valence electrons. The average molecular weight is 315 g/mol. The highest BCUT2D eigenvalue weighted by Gasteiger charge is 2.18. The lowest BCUT2D eigenvalue weighted by atomic mass is 10.2. The van der Waals surface area contributed by atoms with Gasteiger partial charge in [0, 0.05) is 13.2 Å². The Morgan fingerprint density at radius 2 is 2.15 bits per heavy atom. The van der Waals surface area contributed by atoms with Gasteiger partial charge in [-0.3, -0.25) is 14.5 Å². The highest BCUT2D eigenvalue weighted by atomic mass is 35.5. The second kappa shape index (κ2) is 5.22. The number of nitrogens with zero attached hydrogens (tertiary/aromatic N) is 3. The van der Waals surface area contributed by atoms with E-state index in [1.54, 1.807) is 25.4 Å². The lowest BCUT2D eigenvalue weighted by Gasteiger charge is -2.01. The van der Waals surface area contributed by atoms with E-state index in [2.05, 4.69) is 10.1 Å². The molecule has 0 spiro atoms. The van der Waals surface area contributed by atoms with Gasteiger partial charge in [0.1, 0.15) is 5.69 Å². The number of carbonyl (C=O) groups is 1. The van der Waals surface area contributed by atoms with Crippen molar-refractivity contribution in [1.82, 2.24) is 19.5 Å². The molecule has 1 amide bonds. The van der Waals surface area contributed by atoms with Crippen LogP contribution < -0.4 is 4.72 Å². The molecular weight excluding hydrogens is 304 g/mol. The standard InChI is InChI=1S/C11H11ClN4O3S/c1-16-9(10-7(12)4-3-5-13-10)6-8(14-16)11(17)15-20(2,18)19/h3-6H,1-2H3,(H,15,17). The van der Waals surface area contributed by atoms with Crippen molar-refractivity contribution >= 4 is 27.5 Å². The highest BCUT2D eigenvalue weighted by molar-refractivity contribution is 7.89. The summed E-state index contributed by atoms with van der Waals surface area (Å²) in [6.07, 6.45) is 2.45. The Balaban J connectivity index is 2.41. The molecule has 2 rings (SSSR count). The maximum atomic E-state index is 11.7. The van der Waals surface area contributed by atoms with Gasteiger partial charge in [0.2, 0.25) is 10.0 Å². The Labute approximate surface area is 120 Å². The van der Waals surface area contributed by atoms with Crippen LogP contribution in [0.2, 0.25) is 5.02 Å². The molecule has 2 heterocycles. The first kappa shape index (κ1) is 14.5. The summed E-state index contributed by atoms with van der Waals surface area (Å²) in [6, 6.07) is 4.77. The number of halogens is 1. The van der Waals surface area contributed by atoms with Crippen LogP contribution in [0.3, 0.4) is 0 Å². The number of aromatic nitrogens is 3. The summed E-state index contributed by atoms with van der Waals surface area (Å²) in [5.41, 5.74) is 0.937. The predicted molar refractivity (Wildman–Crippen MR) is 73.8 cm³/mol. The Morgan fingerprint density at radius 3 is 2.75 bits per heavy atom. The van der Waals surface area contributed by atoms with Crippen LogP contribution in [0, 0.1) is 0 Å². The van der Waals surface area contributed by atoms with Gasteiger partial charge in [0.15, 0.2) is 5.69 Å². The maximum Gasteiger partial charge on any atom is 0.285 e. The van der Waals surface area contributed by atoms with Gasteiger partial charge in [-0.1, -0.05) is 11.6 Å². The van der Waals surface area contributed by atoms with Crippen LogP contribution in [-0.2, 0) is 17.1 Å². The van der Waals surface area contributed by atoms with Crippen LogP contribution >= 0.6 is 11.6 Å². The smallest absolute Gasteiger partial charge is 0.266 e. The quantitative estimate of drug-likeness (QED) is 0.905. The second-order valence-corrected chi connectivity index (χ2v) is 6.23. The molecule has 1 N–H and O–H groups in total. The van der Waals surface area contributed by atoms with Gasteiger partial charge in [0.05, 0.1) is 17.0 Å². The number of pyridine rings is 1. The molecule has 0 aliphatic rings. The van der Waals surface area contributed by atoms with Gasteiger partial charge in [-0.15, -0.1) is 0 Å².